The topological polar surface area (TPSA) is 65.4 Å². The minimum Gasteiger partial charge on any atom is -0.456 e. The van der Waals surface area contributed by atoms with Crippen molar-refractivity contribution >= 4 is 5.91 Å². The van der Waals surface area contributed by atoms with E-state index in [9.17, 15) is 4.79 Å². The molecule has 1 saturated heterocycles. The summed E-state index contributed by atoms with van der Waals surface area (Å²) in [6, 6.07) is 1.96. The first-order valence-corrected chi connectivity index (χ1v) is 8.25. The summed E-state index contributed by atoms with van der Waals surface area (Å²) in [4.78, 5) is 24.5. The normalized spacial score (nSPS) is 19.3. The molecule has 1 aliphatic rings. The number of carbonyl (C=O) groups excluding carboxylic acids is 1. The van der Waals surface area contributed by atoms with E-state index in [2.05, 4.69) is 21.8 Å². The first kappa shape index (κ1) is 15.8. The molecule has 0 aliphatic carbocycles. The Hall–Kier alpha value is -2.08. The zero-order valence-electron chi connectivity index (χ0n) is 14.0. The number of nitrogens with zero attached hydrogens (tertiary/aromatic N) is 3. The Morgan fingerprint density at radius 3 is 2.87 bits per heavy atom. The molecule has 23 heavy (non-hydrogen) atoms. The Kier molecular flexibility index (Phi) is 4.52. The van der Waals surface area contributed by atoms with Gasteiger partial charge in [0.2, 0.25) is 0 Å². The Labute approximate surface area is 136 Å². The second kappa shape index (κ2) is 6.58. The molecule has 0 bridgehead atoms. The molecule has 0 radical (unpaired) electrons. The van der Waals surface area contributed by atoms with Gasteiger partial charge in [0, 0.05) is 38.4 Å². The Morgan fingerprint density at radius 1 is 1.43 bits per heavy atom. The molecule has 1 unspecified atom stereocenters. The van der Waals surface area contributed by atoms with Gasteiger partial charge in [-0.1, -0.05) is 13.8 Å². The van der Waals surface area contributed by atoms with Crippen molar-refractivity contribution in [3.8, 4) is 0 Å². The molecule has 1 amide bonds. The third-order valence-corrected chi connectivity index (χ3v) is 4.57. The van der Waals surface area contributed by atoms with Crippen LogP contribution < -0.4 is 0 Å². The smallest absolute Gasteiger partial charge is 0.289 e. The van der Waals surface area contributed by atoms with Gasteiger partial charge in [-0.25, -0.2) is 4.98 Å². The van der Waals surface area contributed by atoms with E-state index >= 15 is 0 Å². The summed E-state index contributed by atoms with van der Waals surface area (Å²) in [6.07, 6.45) is 4.39. The van der Waals surface area contributed by atoms with Crippen LogP contribution in [0.25, 0.3) is 0 Å². The first-order valence-electron chi connectivity index (χ1n) is 8.25. The molecule has 3 heterocycles. The SMILES string of the molecule is CCc1oc(C(=O)N2CCN(CC)C(c3ncc[nH]3)C2)cc1C. The predicted octanol–water partition coefficient (Wildman–Crippen LogP) is 2.39. The number of furan rings is 1. The first-order chi connectivity index (χ1) is 11.1. The summed E-state index contributed by atoms with van der Waals surface area (Å²) < 4.78 is 5.73. The number of amides is 1. The second-order valence-corrected chi connectivity index (χ2v) is 5.94. The zero-order chi connectivity index (χ0) is 16.4. The molecule has 124 valence electrons. The van der Waals surface area contributed by atoms with Gasteiger partial charge in [0.1, 0.15) is 11.6 Å². The predicted molar refractivity (Wildman–Crippen MR) is 87.3 cm³/mol. The highest BCUT2D eigenvalue weighted by Gasteiger charge is 2.32. The fourth-order valence-electron chi connectivity index (χ4n) is 3.23. The Morgan fingerprint density at radius 2 is 2.26 bits per heavy atom. The van der Waals surface area contributed by atoms with Gasteiger partial charge in [-0.2, -0.15) is 0 Å². The highest BCUT2D eigenvalue weighted by molar-refractivity contribution is 5.92. The number of aryl methyl sites for hydroxylation is 2. The third kappa shape index (κ3) is 3.03. The zero-order valence-corrected chi connectivity index (χ0v) is 14.0. The Balaban J connectivity index is 1.79. The molecule has 6 heteroatoms. The molecule has 0 saturated carbocycles. The van der Waals surface area contributed by atoms with E-state index in [4.69, 9.17) is 4.42 Å². The largest absolute Gasteiger partial charge is 0.456 e. The van der Waals surface area contributed by atoms with Crippen molar-refractivity contribution in [3.05, 3.63) is 41.4 Å². The van der Waals surface area contributed by atoms with Crippen LogP contribution in [0, 0.1) is 6.92 Å². The van der Waals surface area contributed by atoms with E-state index in [-0.39, 0.29) is 11.9 Å². The van der Waals surface area contributed by atoms with Crippen LogP contribution in [0.4, 0.5) is 0 Å². The summed E-state index contributed by atoms with van der Waals surface area (Å²) in [5, 5.41) is 0. The van der Waals surface area contributed by atoms with Crippen LogP contribution in [0.15, 0.2) is 22.9 Å². The molecule has 2 aromatic rings. The summed E-state index contributed by atoms with van der Waals surface area (Å²) in [7, 11) is 0. The van der Waals surface area contributed by atoms with Crippen molar-refractivity contribution in [2.24, 2.45) is 0 Å². The van der Waals surface area contributed by atoms with Gasteiger partial charge in [0.25, 0.3) is 5.91 Å². The highest BCUT2D eigenvalue weighted by atomic mass is 16.4. The maximum atomic E-state index is 12.8. The summed E-state index contributed by atoms with van der Waals surface area (Å²) in [5.74, 6) is 2.22. The minimum atomic E-state index is -0.0277. The number of carbonyl (C=O) groups is 1. The average molecular weight is 316 g/mol. The number of H-pyrrole nitrogens is 1. The average Bonchev–Trinajstić information content (AvgIpc) is 3.23. The molecular weight excluding hydrogens is 292 g/mol. The van der Waals surface area contributed by atoms with E-state index in [1.807, 2.05) is 31.0 Å². The van der Waals surface area contributed by atoms with E-state index in [1.54, 1.807) is 6.20 Å². The fraction of sp³-hybridized carbons (Fsp3) is 0.529. The van der Waals surface area contributed by atoms with Crippen LogP contribution in [0.2, 0.25) is 0 Å². The fourth-order valence-corrected chi connectivity index (χ4v) is 3.23. The van der Waals surface area contributed by atoms with Gasteiger partial charge in [-0.15, -0.1) is 0 Å². The number of aromatic amines is 1. The van der Waals surface area contributed by atoms with Crippen LogP contribution in [0.5, 0.6) is 0 Å². The molecule has 1 aliphatic heterocycles. The van der Waals surface area contributed by atoms with Gasteiger partial charge in [0.05, 0.1) is 6.04 Å². The van der Waals surface area contributed by atoms with Crippen molar-refractivity contribution in [3.63, 3.8) is 0 Å². The number of piperazine rings is 1. The molecule has 1 N–H and O–H groups in total. The van der Waals surface area contributed by atoms with Gasteiger partial charge >= 0.3 is 0 Å². The van der Waals surface area contributed by atoms with Crippen LogP contribution in [-0.2, 0) is 6.42 Å². The molecule has 6 nitrogen and oxygen atoms in total. The van der Waals surface area contributed by atoms with Crippen LogP contribution in [-0.4, -0.2) is 51.9 Å². The number of rotatable bonds is 4. The molecule has 1 atom stereocenters. The lowest BCUT2D eigenvalue weighted by atomic mass is 10.1. The van der Waals surface area contributed by atoms with Gasteiger partial charge in [-0.3, -0.25) is 9.69 Å². The van der Waals surface area contributed by atoms with Gasteiger partial charge in [-0.05, 0) is 25.1 Å². The number of aromatic nitrogens is 2. The van der Waals surface area contributed by atoms with E-state index in [0.717, 1.165) is 36.7 Å². The lowest BCUT2D eigenvalue weighted by Crippen LogP contribution is -2.50. The van der Waals surface area contributed by atoms with E-state index < -0.39 is 0 Å². The van der Waals surface area contributed by atoms with Crippen molar-refractivity contribution in [1.29, 1.82) is 0 Å². The third-order valence-electron chi connectivity index (χ3n) is 4.57. The lowest BCUT2D eigenvalue weighted by Gasteiger charge is -2.39. The number of imidazole rings is 1. The summed E-state index contributed by atoms with van der Waals surface area (Å²) in [5.41, 5.74) is 1.05. The maximum absolute atomic E-state index is 12.8. The van der Waals surface area contributed by atoms with Gasteiger partial charge in [0.15, 0.2) is 5.76 Å². The monoisotopic (exact) mass is 316 g/mol. The minimum absolute atomic E-state index is 0.0277. The van der Waals surface area contributed by atoms with Crippen LogP contribution in [0.1, 0.15) is 47.6 Å². The second-order valence-electron chi connectivity index (χ2n) is 5.94. The molecule has 0 spiro atoms. The molecule has 1 fully saturated rings. The maximum Gasteiger partial charge on any atom is 0.289 e. The summed E-state index contributed by atoms with van der Waals surface area (Å²) >= 11 is 0. The number of hydrogen-bond acceptors (Lipinski definition) is 4. The standard InChI is InChI=1S/C17H24N4O2/c1-4-14-12(3)10-15(23-14)17(22)21-9-8-20(5-2)13(11-21)16-18-6-7-19-16/h6-7,10,13H,4-5,8-9,11H2,1-3H3,(H,18,19). The molecule has 2 aromatic heterocycles. The lowest BCUT2D eigenvalue weighted by molar-refractivity contribution is 0.0452. The number of nitrogens with one attached hydrogen (secondary N) is 1. The van der Waals surface area contributed by atoms with E-state index in [0.29, 0.717) is 18.8 Å². The molecule has 0 aromatic carbocycles. The quantitative estimate of drug-likeness (QED) is 0.940. The summed E-state index contributed by atoms with van der Waals surface area (Å²) in [6.45, 7) is 9.28. The number of hydrogen-bond donors (Lipinski definition) is 1. The van der Waals surface area contributed by atoms with Crippen LogP contribution >= 0.6 is 0 Å². The van der Waals surface area contributed by atoms with E-state index in [1.165, 1.54) is 0 Å². The molecular formula is C17H24N4O2. The number of likely N-dealkylation sites (N-methyl/N-ethyl adjacent to an activating group) is 1. The van der Waals surface area contributed by atoms with Crippen molar-refractivity contribution < 1.29 is 9.21 Å². The highest BCUT2D eigenvalue weighted by Crippen LogP contribution is 2.25. The molecule has 3 rings (SSSR count). The van der Waals surface area contributed by atoms with Crippen molar-refractivity contribution in [2.45, 2.75) is 33.2 Å². The van der Waals surface area contributed by atoms with Crippen molar-refractivity contribution in [2.75, 3.05) is 26.2 Å². The van der Waals surface area contributed by atoms with Gasteiger partial charge < -0.3 is 14.3 Å². The Bertz CT molecular complexity index is 662. The van der Waals surface area contributed by atoms with Crippen LogP contribution in [0.3, 0.4) is 0 Å². The van der Waals surface area contributed by atoms with Crippen molar-refractivity contribution in [1.82, 2.24) is 19.8 Å².